The molecule has 0 radical (unpaired) electrons. The van der Waals surface area contributed by atoms with Crippen LogP contribution in [0.3, 0.4) is 0 Å². The van der Waals surface area contributed by atoms with Crippen LogP contribution in [0.25, 0.3) is 0 Å². The first-order chi connectivity index (χ1) is 11.8. The van der Waals surface area contributed by atoms with Crippen LogP contribution in [0.5, 0.6) is 11.5 Å². The number of hydrogen-bond acceptors (Lipinski definition) is 6. The van der Waals surface area contributed by atoms with Crippen molar-refractivity contribution < 1.29 is 30.6 Å². The molecule has 6 nitrogen and oxygen atoms in total. The number of phenols is 2. The van der Waals surface area contributed by atoms with Crippen molar-refractivity contribution in [3.05, 3.63) is 57.6 Å². The van der Waals surface area contributed by atoms with Crippen LogP contribution >= 0.6 is 0 Å². The van der Waals surface area contributed by atoms with Gasteiger partial charge in [0.05, 0.1) is 26.4 Å². The van der Waals surface area contributed by atoms with Gasteiger partial charge in [-0.3, -0.25) is 0 Å². The molecule has 0 amide bonds. The SMILES string of the molecule is CC(C)(c1cc(CO)cc(CO)c1O)c1cc(CO)cc(CO)c1O. The summed E-state index contributed by atoms with van der Waals surface area (Å²) >= 11 is 0. The molecule has 0 bridgehead atoms. The van der Waals surface area contributed by atoms with Crippen molar-refractivity contribution in [1.82, 2.24) is 0 Å². The van der Waals surface area contributed by atoms with Gasteiger partial charge < -0.3 is 30.6 Å². The highest BCUT2D eigenvalue weighted by Crippen LogP contribution is 2.44. The van der Waals surface area contributed by atoms with Crippen molar-refractivity contribution in [3.8, 4) is 11.5 Å². The van der Waals surface area contributed by atoms with E-state index in [2.05, 4.69) is 0 Å². The maximum Gasteiger partial charge on any atom is 0.125 e. The van der Waals surface area contributed by atoms with Gasteiger partial charge in [-0.2, -0.15) is 0 Å². The second kappa shape index (κ2) is 7.41. The van der Waals surface area contributed by atoms with Crippen molar-refractivity contribution in [2.75, 3.05) is 0 Å². The Morgan fingerprint density at radius 2 is 1.00 bits per heavy atom. The summed E-state index contributed by atoms with van der Waals surface area (Å²) in [5.74, 6) is -0.242. The summed E-state index contributed by atoms with van der Waals surface area (Å²) in [6.07, 6.45) is 0. The van der Waals surface area contributed by atoms with Gasteiger partial charge in [-0.25, -0.2) is 0 Å². The predicted octanol–water partition coefficient (Wildman–Crippen LogP) is 1.39. The maximum atomic E-state index is 10.5. The summed E-state index contributed by atoms with van der Waals surface area (Å²) in [5.41, 5.74) is 1.49. The Kier molecular flexibility index (Phi) is 5.69. The van der Waals surface area contributed by atoms with Gasteiger partial charge >= 0.3 is 0 Å². The lowest BCUT2D eigenvalue weighted by atomic mass is 9.75. The highest BCUT2D eigenvalue weighted by Gasteiger charge is 2.31. The zero-order chi connectivity index (χ0) is 18.8. The second-order valence-corrected chi connectivity index (χ2v) is 6.56. The van der Waals surface area contributed by atoms with Crippen molar-refractivity contribution in [2.45, 2.75) is 45.7 Å². The molecule has 2 aromatic carbocycles. The fourth-order valence-electron chi connectivity index (χ4n) is 3.04. The summed E-state index contributed by atoms with van der Waals surface area (Å²) in [7, 11) is 0. The van der Waals surface area contributed by atoms with E-state index in [1.54, 1.807) is 26.0 Å². The Balaban J connectivity index is 2.75. The molecule has 0 atom stereocenters. The van der Waals surface area contributed by atoms with Gasteiger partial charge in [0, 0.05) is 27.7 Å². The van der Waals surface area contributed by atoms with E-state index < -0.39 is 18.6 Å². The molecule has 0 aromatic heterocycles. The van der Waals surface area contributed by atoms with E-state index in [9.17, 15) is 30.6 Å². The van der Waals surface area contributed by atoms with Gasteiger partial charge in [0.1, 0.15) is 11.5 Å². The van der Waals surface area contributed by atoms with E-state index in [1.807, 2.05) is 0 Å². The number of rotatable bonds is 6. The van der Waals surface area contributed by atoms with Crippen LogP contribution in [0, 0.1) is 0 Å². The lowest BCUT2D eigenvalue weighted by Crippen LogP contribution is -2.21. The molecule has 25 heavy (non-hydrogen) atoms. The Labute approximate surface area is 146 Å². The zero-order valence-electron chi connectivity index (χ0n) is 14.3. The minimum Gasteiger partial charge on any atom is -0.507 e. The summed E-state index contributed by atoms with van der Waals surface area (Å²) in [4.78, 5) is 0. The first-order valence-electron chi connectivity index (χ1n) is 7.94. The lowest BCUT2D eigenvalue weighted by molar-refractivity contribution is 0.268. The zero-order valence-corrected chi connectivity index (χ0v) is 14.3. The quantitative estimate of drug-likeness (QED) is 0.469. The van der Waals surface area contributed by atoms with E-state index in [-0.39, 0.29) is 35.8 Å². The topological polar surface area (TPSA) is 121 Å². The molecule has 0 fully saturated rings. The van der Waals surface area contributed by atoms with E-state index in [0.717, 1.165) is 0 Å². The molecule has 2 rings (SSSR count). The molecule has 6 heteroatoms. The lowest BCUT2D eigenvalue weighted by Gasteiger charge is -2.30. The number of hydrogen-bond donors (Lipinski definition) is 6. The molecule has 6 N–H and O–H groups in total. The van der Waals surface area contributed by atoms with Gasteiger partial charge in [0.2, 0.25) is 0 Å². The summed E-state index contributed by atoms with van der Waals surface area (Å²) in [6.45, 7) is 2.21. The van der Waals surface area contributed by atoms with E-state index >= 15 is 0 Å². The minimum atomic E-state index is -0.918. The molecule has 0 aliphatic rings. The first-order valence-corrected chi connectivity index (χ1v) is 7.94. The van der Waals surface area contributed by atoms with Gasteiger partial charge in [-0.05, 0) is 35.4 Å². The smallest absolute Gasteiger partial charge is 0.125 e. The molecule has 0 saturated carbocycles. The highest BCUT2D eigenvalue weighted by atomic mass is 16.3. The molecular formula is C19H24O6. The fourth-order valence-corrected chi connectivity index (χ4v) is 3.04. The van der Waals surface area contributed by atoms with Crippen molar-refractivity contribution >= 4 is 0 Å². The predicted molar refractivity (Wildman–Crippen MR) is 92.0 cm³/mol. The number of aliphatic hydroxyl groups excluding tert-OH is 4. The summed E-state index contributed by atoms with van der Waals surface area (Å²) < 4.78 is 0. The molecule has 0 saturated heterocycles. The molecule has 2 aromatic rings. The van der Waals surface area contributed by atoms with Crippen molar-refractivity contribution in [3.63, 3.8) is 0 Å². The normalized spacial score (nSPS) is 11.8. The summed E-state index contributed by atoms with van der Waals surface area (Å²) in [5, 5.41) is 58.9. The Bertz CT molecular complexity index is 703. The van der Waals surface area contributed by atoms with Gasteiger partial charge in [0.15, 0.2) is 0 Å². The molecule has 0 heterocycles. The van der Waals surface area contributed by atoms with Crippen LogP contribution in [-0.2, 0) is 31.8 Å². The Morgan fingerprint density at radius 1 is 0.640 bits per heavy atom. The average Bonchev–Trinajstić information content (AvgIpc) is 2.61. The number of benzene rings is 2. The van der Waals surface area contributed by atoms with Crippen LogP contribution in [0.15, 0.2) is 24.3 Å². The average molecular weight is 348 g/mol. The maximum absolute atomic E-state index is 10.5. The van der Waals surface area contributed by atoms with E-state index in [4.69, 9.17) is 0 Å². The second-order valence-electron chi connectivity index (χ2n) is 6.56. The van der Waals surface area contributed by atoms with E-state index in [0.29, 0.717) is 22.3 Å². The largest absolute Gasteiger partial charge is 0.507 e. The highest BCUT2D eigenvalue weighted by molar-refractivity contribution is 5.56. The third-order valence-electron chi connectivity index (χ3n) is 4.55. The van der Waals surface area contributed by atoms with Gasteiger partial charge in [-0.15, -0.1) is 0 Å². The monoisotopic (exact) mass is 348 g/mol. The first kappa shape index (κ1) is 19.2. The Morgan fingerprint density at radius 3 is 1.28 bits per heavy atom. The van der Waals surface area contributed by atoms with Crippen LogP contribution in [-0.4, -0.2) is 30.6 Å². The fraction of sp³-hybridized carbons (Fsp3) is 0.368. The summed E-state index contributed by atoms with van der Waals surface area (Å²) in [6, 6.07) is 6.24. The molecular weight excluding hydrogens is 324 g/mol. The standard InChI is InChI=1S/C19H24O6/c1-19(2,15-5-11(7-20)3-13(9-22)17(15)24)16-6-12(8-21)4-14(10-23)18(16)25/h3-6,20-25H,7-10H2,1-2H3. The van der Waals surface area contributed by atoms with Gasteiger partial charge in [-0.1, -0.05) is 13.8 Å². The van der Waals surface area contributed by atoms with Crippen LogP contribution in [0.2, 0.25) is 0 Å². The van der Waals surface area contributed by atoms with Crippen LogP contribution in [0.1, 0.15) is 47.2 Å². The van der Waals surface area contributed by atoms with Crippen LogP contribution in [0.4, 0.5) is 0 Å². The molecule has 0 aliphatic heterocycles. The molecule has 0 spiro atoms. The van der Waals surface area contributed by atoms with Crippen molar-refractivity contribution in [1.29, 1.82) is 0 Å². The molecule has 0 aliphatic carbocycles. The third-order valence-corrected chi connectivity index (χ3v) is 4.55. The van der Waals surface area contributed by atoms with Crippen molar-refractivity contribution in [2.24, 2.45) is 0 Å². The third kappa shape index (κ3) is 3.48. The van der Waals surface area contributed by atoms with Gasteiger partial charge in [0.25, 0.3) is 0 Å². The van der Waals surface area contributed by atoms with Crippen LogP contribution < -0.4 is 0 Å². The minimum absolute atomic E-state index is 0.121. The molecule has 0 unspecified atom stereocenters. The Hall–Kier alpha value is -2.12. The molecule has 136 valence electrons. The number of aromatic hydroxyl groups is 2. The number of aliphatic hydroxyl groups is 4. The van der Waals surface area contributed by atoms with E-state index in [1.165, 1.54) is 12.1 Å².